The van der Waals surface area contributed by atoms with Crippen molar-refractivity contribution in [3.05, 3.63) is 27.9 Å². The van der Waals surface area contributed by atoms with Crippen molar-refractivity contribution in [2.45, 2.75) is 6.92 Å². The minimum Gasteiger partial charge on any atom is -0.439 e. The van der Waals surface area contributed by atoms with Gasteiger partial charge in [-0.1, -0.05) is 6.07 Å². The molecule has 0 saturated carbocycles. The van der Waals surface area contributed by atoms with Crippen molar-refractivity contribution in [2.24, 2.45) is 0 Å². The Morgan fingerprint density at radius 1 is 1.58 bits per heavy atom. The zero-order valence-corrected chi connectivity index (χ0v) is 8.78. The predicted octanol–water partition coefficient (Wildman–Crippen LogP) is 3.47. The van der Waals surface area contributed by atoms with Gasteiger partial charge in [0.05, 0.1) is 4.88 Å². The fraction of sp³-hybridized carbons (Fsp3) is 0.125. The molecule has 4 heteroatoms. The lowest BCUT2D eigenvalue weighted by Gasteiger charge is -1.84. The average molecular weight is 244 g/mol. The molecular weight excluding hydrogens is 238 g/mol. The second-order valence-electron chi connectivity index (χ2n) is 2.34. The number of rotatable bonds is 1. The summed E-state index contributed by atoms with van der Waals surface area (Å²) in [6.07, 6.45) is 0. The van der Waals surface area contributed by atoms with E-state index in [9.17, 15) is 0 Å². The molecule has 2 aromatic rings. The molecule has 62 valence electrons. The minimum atomic E-state index is 0.689. The van der Waals surface area contributed by atoms with E-state index in [0.29, 0.717) is 5.89 Å². The highest BCUT2D eigenvalue weighted by Gasteiger charge is 2.08. The fourth-order valence-electron chi connectivity index (χ4n) is 0.883. The molecule has 0 unspecified atom stereocenters. The number of hydrogen-bond acceptors (Lipinski definition) is 3. The van der Waals surface area contributed by atoms with E-state index in [-0.39, 0.29) is 0 Å². The molecular formula is C8H6BrNOS. The van der Waals surface area contributed by atoms with Crippen molar-refractivity contribution >= 4 is 27.3 Å². The Balaban J connectivity index is 2.48. The predicted molar refractivity (Wildman–Crippen MR) is 52.3 cm³/mol. The van der Waals surface area contributed by atoms with E-state index >= 15 is 0 Å². The van der Waals surface area contributed by atoms with E-state index in [1.165, 1.54) is 0 Å². The number of aromatic nitrogens is 1. The van der Waals surface area contributed by atoms with E-state index < -0.39 is 0 Å². The summed E-state index contributed by atoms with van der Waals surface area (Å²) in [4.78, 5) is 5.27. The number of thiophene rings is 1. The first-order valence-electron chi connectivity index (χ1n) is 3.44. The van der Waals surface area contributed by atoms with Gasteiger partial charge in [-0.15, -0.1) is 11.3 Å². The molecule has 0 aliphatic rings. The van der Waals surface area contributed by atoms with Gasteiger partial charge in [0.15, 0.2) is 0 Å². The van der Waals surface area contributed by atoms with Gasteiger partial charge in [-0.3, -0.25) is 0 Å². The molecule has 0 aliphatic heterocycles. The average Bonchev–Trinajstić information content (AvgIpc) is 2.61. The molecule has 12 heavy (non-hydrogen) atoms. The zero-order chi connectivity index (χ0) is 8.55. The summed E-state index contributed by atoms with van der Waals surface area (Å²) >= 11 is 4.92. The summed E-state index contributed by atoms with van der Waals surface area (Å²) in [6.45, 7) is 1.88. The maximum Gasteiger partial charge on any atom is 0.237 e. The van der Waals surface area contributed by atoms with Crippen LogP contribution in [0.15, 0.2) is 26.5 Å². The number of halogens is 1. The van der Waals surface area contributed by atoms with Crippen LogP contribution < -0.4 is 0 Å². The lowest BCUT2D eigenvalue weighted by Crippen LogP contribution is -1.68. The highest BCUT2D eigenvalue weighted by molar-refractivity contribution is 9.10. The maximum absolute atomic E-state index is 5.41. The third-order valence-electron chi connectivity index (χ3n) is 1.47. The van der Waals surface area contributed by atoms with Crippen LogP contribution in [0.3, 0.4) is 0 Å². The summed E-state index contributed by atoms with van der Waals surface area (Å²) < 4.78 is 6.19. The number of hydrogen-bond donors (Lipinski definition) is 0. The largest absolute Gasteiger partial charge is 0.439 e. The number of nitrogens with zero attached hydrogens (tertiary/aromatic N) is 1. The number of oxazole rings is 1. The van der Waals surface area contributed by atoms with Crippen LogP contribution in [-0.4, -0.2) is 4.98 Å². The van der Waals surface area contributed by atoms with Crippen LogP contribution in [0.1, 0.15) is 5.76 Å². The quantitative estimate of drug-likeness (QED) is 0.767. The van der Waals surface area contributed by atoms with Crippen molar-refractivity contribution in [3.8, 4) is 10.8 Å². The standard InChI is InChI=1S/C8H6BrNOS/c1-5-7(9)10-8(11-5)6-3-2-4-12-6/h2-4H,1H3. The zero-order valence-electron chi connectivity index (χ0n) is 6.37. The lowest BCUT2D eigenvalue weighted by atomic mass is 10.5. The van der Waals surface area contributed by atoms with Crippen LogP contribution in [0.5, 0.6) is 0 Å². The van der Waals surface area contributed by atoms with Gasteiger partial charge in [0.1, 0.15) is 10.4 Å². The van der Waals surface area contributed by atoms with Crippen molar-refractivity contribution in [3.63, 3.8) is 0 Å². The first kappa shape index (κ1) is 8.01. The molecule has 0 aromatic carbocycles. The second-order valence-corrected chi connectivity index (χ2v) is 4.04. The van der Waals surface area contributed by atoms with Gasteiger partial charge in [0.2, 0.25) is 5.89 Å². The molecule has 0 N–H and O–H groups in total. The minimum absolute atomic E-state index is 0.689. The highest BCUT2D eigenvalue weighted by Crippen LogP contribution is 2.27. The summed E-state index contributed by atoms with van der Waals surface area (Å²) in [5, 5.41) is 2.00. The van der Waals surface area contributed by atoms with Crippen LogP contribution in [-0.2, 0) is 0 Å². The van der Waals surface area contributed by atoms with E-state index in [1.54, 1.807) is 11.3 Å². The Morgan fingerprint density at radius 3 is 2.92 bits per heavy atom. The third-order valence-corrected chi connectivity index (χ3v) is 3.07. The SMILES string of the molecule is Cc1oc(-c2cccs2)nc1Br. The Labute approximate surface area is 82.4 Å². The first-order chi connectivity index (χ1) is 5.77. The molecule has 2 heterocycles. The van der Waals surface area contributed by atoms with E-state index in [2.05, 4.69) is 20.9 Å². The monoisotopic (exact) mass is 243 g/mol. The van der Waals surface area contributed by atoms with Gasteiger partial charge >= 0.3 is 0 Å². The van der Waals surface area contributed by atoms with E-state index in [0.717, 1.165) is 15.2 Å². The molecule has 0 atom stereocenters. The molecule has 0 amide bonds. The van der Waals surface area contributed by atoms with Crippen molar-refractivity contribution < 1.29 is 4.42 Å². The fourth-order valence-corrected chi connectivity index (χ4v) is 1.77. The van der Waals surface area contributed by atoms with Crippen LogP contribution in [0.4, 0.5) is 0 Å². The maximum atomic E-state index is 5.41. The van der Waals surface area contributed by atoms with Crippen molar-refractivity contribution in [1.82, 2.24) is 4.98 Å². The molecule has 0 radical (unpaired) electrons. The van der Waals surface area contributed by atoms with Crippen molar-refractivity contribution in [2.75, 3.05) is 0 Å². The molecule has 0 aliphatic carbocycles. The summed E-state index contributed by atoms with van der Waals surface area (Å²) in [5.74, 6) is 1.51. The molecule has 2 nitrogen and oxygen atoms in total. The topological polar surface area (TPSA) is 26.0 Å². The molecule has 0 bridgehead atoms. The number of aryl methyl sites for hydroxylation is 1. The van der Waals surface area contributed by atoms with E-state index in [4.69, 9.17) is 4.42 Å². The summed E-state index contributed by atoms with van der Waals surface area (Å²) in [7, 11) is 0. The third kappa shape index (κ3) is 1.32. The Kier molecular flexibility index (Phi) is 2.02. The van der Waals surface area contributed by atoms with Gasteiger partial charge in [0.25, 0.3) is 0 Å². The molecule has 2 rings (SSSR count). The Hall–Kier alpha value is -0.610. The molecule has 0 spiro atoms. The van der Waals surface area contributed by atoms with Gasteiger partial charge in [-0.2, -0.15) is 0 Å². The Morgan fingerprint density at radius 2 is 2.42 bits per heavy atom. The molecule has 0 saturated heterocycles. The van der Waals surface area contributed by atoms with Gasteiger partial charge < -0.3 is 4.42 Å². The lowest BCUT2D eigenvalue weighted by molar-refractivity contribution is 0.542. The van der Waals surface area contributed by atoms with Crippen LogP contribution >= 0.6 is 27.3 Å². The summed E-state index contributed by atoms with van der Waals surface area (Å²) in [5.41, 5.74) is 0. The normalized spacial score (nSPS) is 10.5. The molecule has 2 aromatic heterocycles. The highest BCUT2D eigenvalue weighted by atomic mass is 79.9. The van der Waals surface area contributed by atoms with Gasteiger partial charge in [-0.05, 0) is 34.3 Å². The van der Waals surface area contributed by atoms with Gasteiger partial charge in [-0.25, -0.2) is 4.98 Å². The van der Waals surface area contributed by atoms with Crippen LogP contribution in [0.2, 0.25) is 0 Å². The van der Waals surface area contributed by atoms with E-state index in [1.807, 2.05) is 24.4 Å². The molecule has 0 fully saturated rings. The smallest absolute Gasteiger partial charge is 0.237 e. The second kappa shape index (κ2) is 3.03. The van der Waals surface area contributed by atoms with Crippen LogP contribution in [0, 0.1) is 6.92 Å². The van der Waals surface area contributed by atoms with Crippen LogP contribution in [0.25, 0.3) is 10.8 Å². The first-order valence-corrected chi connectivity index (χ1v) is 5.11. The Bertz CT molecular complexity index is 360. The van der Waals surface area contributed by atoms with Gasteiger partial charge in [0, 0.05) is 0 Å². The van der Waals surface area contributed by atoms with Crippen molar-refractivity contribution in [1.29, 1.82) is 0 Å². The summed E-state index contributed by atoms with van der Waals surface area (Å²) in [6, 6.07) is 3.97.